The van der Waals surface area contributed by atoms with Gasteiger partial charge in [-0.25, -0.2) is 0 Å². The van der Waals surface area contributed by atoms with Gasteiger partial charge in [0, 0.05) is 19.5 Å². The standard InChI is InChI=1S/C38H24N2S2/c1-23-33(19-35(41-23)27-15-11-25(21-39)12-16-27)37-31-9-5-3-7-29(31)30-8-4-6-10-32(30)38(37)34-20-36(42-24(34)2)28-17-13-26(22-40)14-18-28/h3-20H,1-2H3. The van der Waals surface area contributed by atoms with E-state index in [1.54, 1.807) is 22.7 Å². The Morgan fingerprint density at radius 2 is 0.833 bits per heavy atom. The third kappa shape index (κ3) is 4.30. The molecule has 0 radical (unpaired) electrons. The minimum absolute atomic E-state index is 0.668. The lowest BCUT2D eigenvalue weighted by Gasteiger charge is -2.18. The highest BCUT2D eigenvalue weighted by Gasteiger charge is 2.23. The minimum atomic E-state index is 0.668. The normalized spacial score (nSPS) is 11.0. The first-order valence-electron chi connectivity index (χ1n) is 13.7. The molecule has 42 heavy (non-hydrogen) atoms. The zero-order chi connectivity index (χ0) is 28.8. The number of benzene rings is 5. The molecule has 0 saturated heterocycles. The first-order valence-corrected chi connectivity index (χ1v) is 15.3. The van der Waals surface area contributed by atoms with Crippen LogP contribution in [-0.4, -0.2) is 0 Å². The molecule has 0 unspecified atom stereocenters. The molecule has 7 rings (SSSR count). The summed E-state index contributed by atoms with van der Waals surface area (Å²) < 4.78 is 0. The monoisotopic (exact) mass is 572 g/mol. The summed E-state index contributed by atoms with van der Waals surface area (Å²) >= 11 is 3.59. The van der Waals surface area contributed by atoms with Crippen LogP contribution < -0.4 is 0 Å². The first-order chi connectivity index (χ1) is 20.6. The molecule has 2 aromatic heterocycles. The lowest BCUT2D eigenvalue weighted by Crippen LogP contribution is -1.91. The molecule has 4 heteroatoms. The van der Waals surface area contributed by atoms with Gasteiger partial charge >= 0.3 is 0 Å². The van der Waals surface area contributed by atoms with E-state index >= 15 is 0 Å². The van der Waals surface area contributed by atoms with E-state index in [-0.39, 0.29) is 0 Å². The van der Waals surface area contributed by atoms with Crippen molar-refractivity contribution in [1.29, 1.82) is 10.5 Å². The summed E-state index contributed by atoms with van der Waals surface area (Å²) in [5.74, 6) is 0. The predicted molar refractivity (Wildman–Crippen MR) is 178 cm³/mol. The summed E-state index contributed by atoms with van der Waals surface area (Å²) in [4.78, 5) is 4.90. The number of hydrogen-bond acceptors (Lipinski definition) is 4. The summed E-state index contributed by atoms with van der Waals surface area (Å²) in [7, 11) is 0. The van der Waals surface area contributed by atoms with Crippen molar-refractivity contribution in [3.05, 3.63) is 130 Å². The Morgan fingerprint density at radius 3 is 1.19 bits per heavy atom. The molecule has 0 fully saturated rings. The first kappa shape index (κ1) is 25.9. The van der Waals surface area contributed by atoms with Crippen LogP contribution in [0.15, 0.2) is 109 Å². The third-order valence-electron chi connectivity index (χ3n) is 7.90. The zero-order valence-corrected chi connectivity index (χ0v) is 24.7. The molecule has 0 bridgehead atoms. The molecule has 5 aromatic carbocycles. The minimum Gasteiger partial charge on any atom is -0.192 e. The lowest BCUT2D eigenvalue weighted by molar-refractivity contribution is 1.49. The second-order valence-corrected chi connectivity index (χ2v) is 12.9. The average molecular weight is 573 g/mol. The number of thiophene rings is 2. The summed E-state index contributed by atoms with van der Waals surface area (Å²) in [5.41, 5.74) is 8.56. The van der Waals surface area contributed by atoms with Gasteiger partial charge in [-0.05, 0) is 105 Å². The maximum atomic E-state index is 9.28. The van der Waals surface area contributed by atoms with Crippen LogP contribution in [0.3, 0.4) is 0 Å². The van der Waals surface area contributed by atoms with Crippen molar-refractivity contribution in [2.75, 3.05) is 0 Å². The average Bonchev–Trinajstić information content (AvgIpc) is 3.62. The Bertz CT molecular complexity index is 2060. The molecule has 0 atom stereocenters. The molecule has 7 aromatic rings. The fraction of sp³-hybridized carbons (Fsp3) is 0.0526. The van der Waals surface area contributed by atoms with E-state index in [9.17, 15) is 10.5 Å². The van der Waals surface area contributed by atoms with Gasteiger partial charge in [0.25, 0.3) is 0 Å². The number of nitrogens with zero attached hydrogens (tertiary/aromatic N) is 2. The number of nitriles is 2. The van der Waals surface area contributed by atoms with E-state index in [0.717, 1.165) is 11.1 Å². The van der Waals surface area contributed by atoms with Crippen molar-refractivity contribution in [3.8, 4) is 55.3 Å². The zero-order valence-electron chi connectivity index (χ0n) is 23.1. The molecule has 0 N–H and O–H groups in total. The van der Waals surface area contributed by atoms with Crippen LogP contribution in [-0.2, 0) is 0 Å². The van der Waals surface area contributed by atoms with Crippen LogP contribution in [0.2, 0.25) is 0 Å². The number of hydrogen-bond donors (Lipinski definition) is 0. The van der Waals surface area contributed by atoms with E-state index in [1.807, 2.05) is 48.5 Å². The highest BCUT2D eigenvalue weighted by atomic mass is 32.1. The van der Waals surface area contributed by atoms with Gasteiger partial charge in [-0.15, -0.1) is 22.7 Å². The Labute approximate surface area is 253 Å². The SMILES string of the molecule is Cc1sc(-c2ccc(C#N)cc2)cc1-c1c(-c2cc(-c3ccc(C#N)cc3)sc2C)c2ccccc2c2ccccc12. The van der Waals surface area contributed by atoms with Crippen molar-refractivity contribution >= 4 is 44.2 Å². The molecular weight excluding hydrogens is 549 g/mol. The van der Waals surface area contributed by atoms with Crippen LogP contribution in [0, 0.1) is 36.5 Å². The van der Waals surface area contributed by atoms with E-state index in [1.165, 1.54) is 63.3 Å². The maximum absolute atomic E-state index is 9.28. The molecule has 2 heterocycles. The highest BCUT2D eigenvalue weighted by Crippen LogP contribution is 2.50. The van der Waals surface area contributed by atoms with Crippen LogP contribution in [0.1, 0.15) is 20.9 Å². The Balaban J connectivity index is 1.52. The van der Waals surface area contributed by atoms with Gasteiger partial charge in [0.2, 0.25) is 0 Å². The summed E-state index contributed by atoms with van der Waals surface area (Å²) in [6.07, 6.45) is 0. The molecule has 0 spiro atoms. The van der Waals surface area contributed by atoms with Gasteiger partial charge in [-0.3, -0.25) is 0 Å². The van der Waals surface area contributed by atoms with Gasteiger partial charge in [-0.1, -0.05) is 72.8 Å². The molecule has 0 saturated carbocycles. The topological polar surface area (TPSA) is 47.6 Å². The van der Waals surface area contributed by atoms with Crippen LogP contribution >= 0.6 is 22.7 Å². The second-order valence-electron chi connectivity index (χ2n) is 10.4. The van der Waals surface area contributed by atoms with E-state index in [4.69, 9.17) is 0 Å². The molecule has 0 aliphatic heterocycles. The second kappa shape index (κ2) is 10.4. The predicted octanol–water partition coefficient (Wildman–Crippen LogP) is 11.1. The molecule has 0 aliphatic rings. The molecule has 0 amide bonds. The van der Waals surface area contributed by atoms with Crippen molar-refractivity contribution in [2.24, 2.45) is 0 Å². The van der Waals surface area contributed by atoms with E-state index in [2.05, 4.69) is 86.6 Å². The van der Waals surface area contributed by atoms with Crippen molar-refractivity contribution in [1.82, 2.24) is 0 Å². The van der Waals surface area contributed by atoms with Crippen molar-refractivity contribution in [2.45, 2.75) is 13.8 Å². The van der Waals surface area contributed by atoms with Crippen molar-refractivity contribution in [3.63, 3.8) is 0 Å². The van der Waals surface area contributed by atoms with E-state index < -0.39 is 0 Å². The quantitative estimate of drug-likeness (QED) is 0.197. The molecule has 2 nitrogen and oxygen atoms in total. The summed E-state index contributed by atoms with van der Waals surface area (Å²) in [5, 5.41) is 23.5. The largest absolute Gasteiger partial charge is 0.192 e. The summed E-state index contributed by atoms with van der Waals surface area (Å²) in [6.45, 7) is 4.42. The smallest absolute Gasteiger partial charge is 0.0991 e. The van der Waals surface area contributed by atoms with E-state index in [0.29, 0.717) is 11.1 Å². The van der Waals surface area contributed by atoms with Crippen LogP contribution in [0.5, 0.6) is 0 Å². The maximum Gasteiger partial charge on any atom is 0.0991 e. The van der Waals surface area contributed by atoms with Crippen LogP contribution in [0.25, 0.3) is 64.7 Å². The number of aryl methyl sites for hydroxylation is 2. The number of rotatable bonds is 4. The number of fused-ring (bicyclic) bond motifs is 3. The Morgan fingerprint density at radius 1 is 0.476 bits per heavy atom. The highest BCUT2D eigenvalue weighted by molar-refractivity contribution is 7.16. The Hall–Kier alpha value is -5.00. The lowest BCUT2D eigenvalue weighted by atomic mass is 9.85. The van der Waals surface area contributed by atoms with Gasteiger partial charge < -0.3 is 0 Å². The molecular formula is C38H24N2S2. The van der Waals surface area contributed by atoms with Crippen LogP contribution in [0.4, 0.5) is 0 Å². The van der Waals surface area contributed by atoms with Gasteiger partial charge in [0.05, 0.1) is 23.3 Å². The van der Waals surface area contributed by atoms with Gasteiger partial charge in [0.1, 0.15) is 0 Å². The molecule has 0 aliphatic carbocycles. The Kier molecular flexibility index (Phi) is 6.45. The summed E-state index contributed by atoms with van der Waals surface area (Å²) in [6, 6.07) is 42.3. The fourth-order valence-corrected chi connectivity index (χ4v) is 7.93. The fourth-order valence-electron chi connectivity index (χ4n) is 5.86. The third-order valence-corrected chi connectivity index (χ3v) is 10.1. The van der Waals surface area contributed by atoms with Gasteiger partial charge in [-0.2, -0.15) is 10.5 Å². The molecule has 198 valence electrons. The van der Waals surface area contributed by atoms with Crippen molar-refractivity contribution < 1.29 is 0 Å². The van der Waals surface area contributed by atoms with Gasteiger partial charge in [0.15, 0.2) is 0 Å².